The molecule has 1 amide bonds. The molecule has 2 bridgehead atoms. The van der Waals surface area contributed by atoms with Gasteiger partial charge in [-0.3, -0.25) is 4.90 Å². The first kappa shape index (κ1) is 21.5. The fraction of sp³-hybridized carbons (Fsp3) is 0.400. The molecule has 9 nitrogen and oxygen atoms in total. The second-order valence-corrected chi connectivity index (χ2v) is 8.67. The van der Waals surface area contributed by atoms with Gasteiger partial charge in [0.1, 0.15) is 17.1 Å². The number of anilines is 1. The Bertz CT molecular complexity index is 1230. The summed E-state index contributed by atoms with van der Waals surface area (Å²) in [6.45, 7) is 0.0343. The van der Waals surface area contributed by atoms with Gasteiger partial charge in [0.2, 0.25) is 0 Å². The fourth-order valence-corrected chi connectivity index (χ4v) is 5.07. The number of thiazole rings is 1. The van der Waals surface area contributed by atoms with E-state index in [0.717, 1.165) is 6.42 Å². The Hall–Kier alpha value is -3.37. The van der Waals surface area contributed by atoms with E-state index >= 15 is 0 Å². The van der Waals surface area contributed by atoms with Crippen molar-refractivity contribution in [3.05, 3.63) is 29.3 Å². The number of oxazole rings is 1. The summed E-state index contributed by atoms with van der Waals surface area (Å²) in [5.41, 5.74) is 0.588. The molecule has 3 fully saturated rings. The summed E-state index contributed by atoms with van der Waals surface area (Å²) in [5.74, 6) is 0. The van der Waals surface area contributed by atoms with Crippen molar-refractivity contribution < 1.29 is 32.2 Å². The first-order chi connectivity index (χ1) is 15.8. The number of nitriles is 1. The predicted molar refractivity (Wildman–Crippen MR) is 110 cm³/mol. The maximum atomic E-state index is 13.7. The molecule has 5 heterocycles. The molecule has 3 aromatic rings. The molecule has 0 spiro atoms. The van der Waals surface area contributed by atoms with Gasteiger partial charge in [-0.25, -0.2) is 9.78 Å². The van der Waals surface area contributed by atoms with Crippen LogP contribution in [0.25, 0.3) is 21.7 Å². The van der Waals surface area contributed by atoms with E-state index in [-0.39, 0.29) is 34.8 Å². The van der Waals surface area contributed by atoms with Crippen LogP contribution in [0.4, 0.5) is 24.0 Å². The molecular weight excluding hydrogens is 463 g/mol. The molecule has 172 valence electrons. The molecule has 0 aliphatic carbocycles. The van der Waals surface area contributed by atoms with Crippen LogP contribution in [0.15, 0.2) is 28.1 Å². The van der Waals surface area contributed by atoms with Crippen molar-refractivity contribution in [1.29, 1.82) is 5.26 Å². The van der Waals surface area contributed by atoms with Gasteiger partial charge in [-0.2, -0.15) is 23.4 Å². The van der Waals surface area contributed by atoms with Crippen molar-refractivity contribution >= 4 is 34.5 Å². The highest BCUT2D eigenvalue weighted by Gasteiger charge is 2.48. The molecule has 0 saturated carbocycles. The zero-order valence-corrected chi connectivity index (χ0v) is 17.6. The number of alkyl halides is 3. The molecule has 33 heavy (non-hydrogen) atoms. The number of nitrogens with zero attached hydrogens (tertiary/aromatic N) is 5. The third-order valence-electron chi connectivity index (χ3n) is 5.76. The normalized spacial score (nSPS) is 21.0. The van der Waals surface area contributed by atoms with Gasteiger partial charge < -0.3 is 19.2 Å². The zero-order chi connectivity index (χ0) is 23.3. The average Bonchev–Trinajstić information content (AvgIpc) is 3.42. The van der Waals surface area contributed by atoms with Crippen molar-refractivity contribution in [2.45, 2.75) is 30.8 Å². The van der Waals surface area contributed by atoms with Crippen LogP contribution >= 0.6 is 11.3 Å². The van der Waals surface area contributed by atoms with E-state index in [1.165, 1.54) is 34.6 Å². The van der Waals surface area contributed by atoms with Gasteiger partial charge in [-0.05, 0) is 24.1 Å². The van der Waals surface area contributed by atoms with Crippen LogP contribution in [-0.2, 0) is 4.74 Å². The van der Waals surface area contributed by atoms with Gasteiger partial charge in [0.25, 0.3) is 6.01 Å². The molecular formula is C20H16F3N5O4S. The van der Waals surface area contributed by atoms with Gasteiger partial charge >= 0.3 is 12.3 Å². The van der Waals surface area contributed by atoms with Gasteiger partial charge in [0.05, 0.1) is 23.7 Å². The largest absolute Gasteiger partial charge is 0.465 e. The Labute approximate surface area is 188 Å². The fourth-order valence-electron chi connectivity index (χ4n) is 4.42. The Morgan fingerprint density at radius 2 is 2.15 bits per heavy atom. The quantitative estimate of drug-likeness (QED) is 0.583. The van der Waals surface area contributed by atoms with Crippen LogP contribution in [-0.4, -0.2) is 64.0 Å². The van der Waals surface area contributed by atoms with Crippen LogP contribution in [0.5, 0.6) is 0 Å². The van der Waals surface area contributed by atoms with E-state index in [4.69, 9.17) is 14.4 Å². The summed E-state index contributed by atoms with van der Waals surface area (Å²) in [6.07, 6.45) is -5.75. The average molecular weight is 479 g/mol. The minimum absolute atomic E-state index is 0.181. The van der Waals surface area contributed by atoms with Gasteiger partial charge in [0, 0.05) is 24.7 Å². The van der Waals surface area contributed by atoms with Gasteiger partial charge in [-0.15, -0.1) is 11.3 Å². The number of rotatable bonds is 5. The molecule has 3 unspecified atom stereocenters. The van der Waals surface area contributed by atoms with Crippen molar-refractivity contribution in [1.82, 2.24) is 14.9 Å². The molecule has 3 saturated heterocycles. The highest BCUT2D eigenvalue weighted by Crippen LogP contribution is 2.42. The zero-order valence-electron chi connectivity index (χ0n) is 16.8. The number of piperidine rings is 1. The molecule has 1 N–H and O–H groups in total. The predicted octanol–water partition coefficient (Wildman–Crippen LogP) is 4.04. The van der Waals surface area contributed by atoms with Crippen LogP contribution < -0.4 is 4.90 Å². The number of carbonyl (C=O) groups is 1. The number of benzene rings is 1. The van der Waals surface area contributed by atoms with E-state index in [1.807, 2.05) is 0 Å². The van der Waals surface area contributed by atoms with E-state index in [2.05, 4.69) is 9.97 Å². The van der Waals surface area contributed by atoms with Gasteiger partial charge in [-0.1, -0.05) is 0 Å². The SMILES string of the molecule is N#CCOC(c1cc(-c2nccs2)c2oc(N3CC4CC(C3)N4C(=O)O)nc2c1)C(F)(F)F. The lowest BCUT2D eigenvalue weighted by Crippen LogP contribution is -2.70. The van der Waals surface area contributed by atoms with E-state index < -0.39 is 25.0 Å². The summed E-state index contributed by atoms with van der Waals surface area (Å²) in [7, 11) is 0. The van der Waals surface area contributed by atoms with E-state index in [1.54, 1.807) is 16.3 Å². The second-order valence-electron chi connectivity index (χ2n) is 7.78. The Morgan fingerprint density at radius 3 is 2.76 bits per heavy atom. The lowest BCUT2D eigenvalue weighted by atomic mass is 9.88. The molecule has 13 heteroatoms. The molecule has 2 aromatic heterocycles. The number of hydrogen-bond acceptors (Lipinski definition) is 8. The van der Waals surface area contributed by atoms with Crippen LogP contribution in [0, 0.1) is 11.3 Å². The molecule has 1 aromatic carbocycles. The van der Waals surface area contributed by atoms with E-state index in [0.29, 0.717) is 23.7 Å². The number of ether oxygens (including phenoxy) is 1. The lowest BCUT2D eigenvalue weighted by Gasteiger charge is -2.54. The number of fused-ring (bicyclic) bond motifs is 3. The molecule has 3 atom stereocenters. The highest BCUT2D eigenvalue weighted by molar-refractivity contribution is 7.13. The number of amides is 1. The summed E-state index contributed by atoms with van der Waals surface area (Å²) < 4.78 is 51.9. The summed E-state index contributed by atoms with van der Waals surface area (Å²) >= 11 is 1.23. The molecule has 6 rings (SSSR count). The van der Waals surface area contributed by atoms with Crippen molar-refractivity contribution in [2.75, 3.05) is 24.6 Å². The third kappa shape index (κ3) is 3.75. The van der Waals surface area contributed by atoms with Crippen molar-refractivity contribution in [2.24, 2.45) is 0 Å². The molecule has 3 aliphatic heterocycles. The van der Waals surface area contributed by atoms with Crippen LogP contribution in [0.3, 0.4) is 0 Å². The Kier molecular flexibility index (Phi) is 5.13. The summed E-state index contributed by atoms with van der Waals surface area (Å²) in [4.78, 5) is 23.2. The Morgan fingerprint density at radius 1 is 1.39 bits per heavy atom. The minimum atomic E-state index is -4.74. The maximum absolute atomic E-state index is 13.7. The standard InChI is InChI=1S/C20H16F3N5O4S/c21-20(22,23)16(31-3-1-24)10-5-13(17-25-2-4-33-17)15-14(6-10)26-18(32-15)27-8-11-7-12(9-27)28(11)19(29)30/h2,4-6,11-12,16H,3,7-9H2,(H,29,30). The lowest BCUT2D eigenvalue weighted by molar-refractivity contribution is -0.220. The topological polar surface area (TPSA) is 116 Å². The highest BCUT2D eigenvalue weighted by atomic mass is 32.1. The van der Waals surface area contributed by atoms with Gasteiger partial charge in [0.15, 0.2) is 11.7 Å². The third-order valence-corrected chi connectivity index (χ3v) is 6.57. The number of piperazine rings is 1. The first-order valence-corrected chi connectivity index (χ1v) is 10.8. The molecule has 0 radical (unpaired) electrons. The van der Waals surface area contributed by atoms with Crippen molar-refractivity contribution in [3.8, 4) is 16.6 Å². The smallest absolute Gasteiger partial charge is 0.418 e. The minimum Gasteiger partial charge on any atom is -0.465 e. The van der Waals surface area contributed by atoms with Crippen LogP contribution in [0.1, 0.15) is 18.1 Å². The Balaban J connectivity index is 1.56. The number of halogens is 3. The second kappa shape index (κ2) is 7.89. The summed E-state index contributed by atoms with van der Waals surface area (Å²) in [6, 6.07) is 3.95. The number of hydrogen-bond donors (Lipinski definition) is 1. The summed E-state index contributed by atoms with van der Waals surface area (Å²) in [5, 5.41) is 20.1. The van der Waals surface area contributed by atoms with E-state index in [9.17, 15) is 23.1 Å². The number of aromatic nitrogens is 2. The first-order valence-electron chi connectivity index (χ1n) is 9.92. The number of carboxylic acid groups (broad SMARTS) is 1. The maximum Gasteiger partial charge on any atom is 0.418 e. The van der Waals surface area contributed by atoms with Crippen molar-refractivity contribution in [3.63, 3.8) is 0 Å². The molecule has 3 aliphatic rings. The van der Waals surface area contributed by atoms with Crippen LogP contribution in [0.2, 0.25) is 0 Å². The monoisotopic (exact) mass is 479 g/mol.